The van der Waals surface area contributed by atoms with Gasteiger partial charge in [0.25, 0.3) is 0 Å². The third-order valence-electron chi connectivity index (χ3n) is 4.30. The van der Waals surface area contributed by atoms with Gasteiger partial charge in [-0.15, -0.1) is 11.3 Å². The number of aromatic nitrogens is 1. The quantitative estimate of drug-likeness (QED) is 0.805. The number of primary amides is 1. The van der Waals surface area contributed by atoms with Crippen molar-refractivity contribution in [1.29, 1.82) is 0 Å². The van der Waals surface area contributed by atoms with E-state index < -0.39 is 11.8 Å². The van der Waals surface area contributed by atoms with E-state index in [1.54, 1.807) is 10.3 Å². The van der Waals surface area contributed by atoms with Gasteiger partial charge in [-0.05, 0) is 18.1 Å². The van der Waals surface area contributed by atoms with Crippen molar-refractivity contribution in [2.45, 2.75) is 26.2 Å². The Balaban J connectivity index is 1.67. The predicted octanol–water partition coefficient (Wildman–Crippen LogP) is 1.72. The zero-order chi connectivity index (χ0) is 18.7. The summed E-state index contributed by atoms with van der Waals surface area (Å²) < 4.78 is 0. The van der Waals surface area contributed by atoms with Crippen molar-refractivity contribution in [2.24, 2.45) is 11.7 Å². The Labute approximate surface area is 155 Å². The molecule has 0 saturated carbocycles. The molecule has 1 aromatic carbocycles. The van der Waals surface area contributed by atoms with Gasteiger partial charge in [0.2, 0.25) is 17.7 Å². The van der Waals surface area contributed by atoms with Crippen LogP contribution in [0.1, 0.15) is 24.6 Å². The van der Waals surface area contributed by atoms with Gasteiger partial charge in [0.15, 0.2) is 5.13 Å². The minimum absolute atomic E-state index is 0.0376. The number of amides is 3. The van der Waals surface area contributed by atoms with Gasteiger partial charge in [-0.2, -0.15) is 0 Å². The van der Waals surface area contributed by atoms with Crippen LogP contribution in [0.25, 0.3) is 0 Å². The zero-order valence-corrected chi connectivity index (χ0v) is 15.2. The summed E-state index contributed by atoms with van der Waals surface area (Å²) in [5.41, 5.74) is 7.62. The van der Waals surface area contributed by atoms with Gasteiger partial charge in [0, 0.05) is 24.0 Å². The lowest BCUT2D eigenvalue weighted by Gasteiger charge is -2.19. The summed E-state index contributed by atoms with van der Waals surface area (Å²) in [6.45, 7) is 2.39. The Bertz CT molecular complexity index is 848. The second-order valence-electron chi connectivity index (χ2n) is 6.16. The number of hydrogen-bond donors (Lipinski definition) is 2. The molecule has 0 radical (unpaired) electrons. The highest BCUT2D eigenvalue weighted by Gasteiger charge is 2.36. The van der Waals surface area contributed by atoms with Crippen LogP contribution < -0.4 is 16.0 Å². The number of para-hydroxylation sites is 1. The van der Waals surface area contributed by atoms with Crippen molar-refractivity contribution < 1.29 is 14.4 Å². The summed E-state index contributed by atoms with van der Waals surface area (Å²) in [5, 5.41) is 4.83. The minimum atomic E-state index is -0.472. The number of benzene rings is 1. The molecule has 1 unspecified atom stereocenters. The van der Waals surface area contributed by atoms with Crippen LogP contribution in [0.3, 0.4) is 0 Å². The van der Waals surface area contributed by atoms with E-state index in [-0.39, 0.29) is 24.7 Å². The molecule has 0 aliphatic carbocycles. The van der Waals surface area contributed by atoms with E-state index in [9.17, 15) is 14.4 Å². The van der Waals surface area contributed by atoms with E-state index in [2.05, 4.69) is 10.3 Å². The fourth-order valence-corrected chi connectivity index (χ4v) is 3.73. The largest absolute Gasteiger partial charge is 0.369 e. The molecule has 0 bridgehead atoms. The first-order valence-electron chi connectivity index (χ1n) is 8.39. The molecule has 26 heavy (non-hydrogen) atoms. The Morgan fingerprint density at radius 1 is 1.38 bits per heavy atom. The molecule has 136 valence electrons. The molecule has 1 aromatic heterocycles. The highest BCUT2D eigenvalue weighted by molar-refractivity contribution is 7.13. The van der Waals surface area contributed by atoms with Crippen LogP contribution in [0.2, 0.25) is 0 Å². The van der Waals surface area contributed by atoms with Crippen molar-refractivity contribution in [1.82, 2.24) is 4.98 Å². The number of nitrogens with two attached hydrogens (primary N) is 1. The molecule has 1 atom stereocenters. The molecule has 1 aliphatic heterocycles. The molecule has 3 amide bonds. The summed E-state index contributed by atoms with van der Waals surface area (Å²) in [4.78, 5) is 41.7. The first-order valence-corrected chi connectivity index (χ1v) is 9.27. The van der Waals surface area contributed by atoms with Gasteiger partial charge >= 0.3 is 0 Å². The summed E-state index contributed by atoms with van der Waals surface area (Å²) >= 11 is 1.23. The fourth-order valence-electron chi connectivity index (χ4n) is 3.02. The van der Waals surface area contributed by atoms with Crippen LogP contribution in [-0.4, -0.2) is 29.3 Å². The van der Waals surface area contributed by atoms with E-state index in [4.69, 9.17) is 5.73 Å². The van der Waals surface area contributed by atoms with Gasteiger partial charge in [-0.1, -0.05) is 25.1 Å². The van der Waals surface area contributed by atoms with Gasteiger partial charge in [-0.25, -0.2) is 4.98 Å². The minimum Gasteiger partial charge on any atom is -0.369 e. The average Bonchev–Trinajstić information content (AvgIpc) is 3.20. The highest BCUT2D eigenvalue weighted by Crippen LogP contribution is 2.29. The van der Waals surface area contributed by atoms with E-state index in [0.717, 1.165) is 17.7 Å². The molecule has 7 nitrogen and oxygen atoms in total. The zero-order valence-electron chi connectivity index (χ0n) is 14.4. The van der Waals surface area contributed by atoms with Crippen LogP contribution in [0, 0.1) is 5.92 Å². The molecular weight excluding hydrogens is 352 g/mol. The summed E-state index contributed by atoms with van der Waals surface area (Å²) in [6.07, 6.45) is 1.03. The lowest BCUT2D eigenvalue weighted by atomic mass is 10.1. The lowest BCUT2D eigenvalue weighted by Crippen LogP contribution is -2.28. The topological polar surface area (TPSA) is 105 Å². The summed E-state index contributed by atoms with van der Waals surface area (Å²) in [7, 11) is 0. The number of hydrogen-bond acceptors (Lipinski definition) is 5. The first kappa shape index (κ1) is 18.1. The lowest BCUT2D eigenvalue weighted by molar-refractivity contribution is -0.122. The van der Waals surface area contributed by atoms with Gasteiger partial charge < -0.3 is 16.0 Å². The normalized spacial score (nSPS) is 16.7. The second kappa shape index (κ2) is 7.65. The predicted molar refractivity (Wildman–Crippen MR) is 99.9 cm³/mol. The van der Waals surface area contributed by atoms with E-state index >= 15 is 0 Å². The standard InChI is InChI=1S/C18H20N4O3S/c1-2-11-5-3-4-6-14(11)22-9-12(7-16(22)24)17(25)21-18-20-13(10-26-18)8-15(19)23/h3-6,10,12H,2,7-9H2,1H3,(H2,19,23)(H,20,21,25). The molecule has 3 rings (SSSR count). The van der Waals surface area contributed by atoms with Crippen LogP contribution in [0.5, 0.6) is 0 Å². The molecular formula is C18H20N4O3S. The number of nitrogens with zero attached hydrogens (tertiary/aromatic N) is 2. The van der Waals surface area contributed by atoms with Crippen molar-refractivity contribution >= 4 is 39.9 Å². The van der Waals surface area contributed by atoms with Gasteiger partial charge in [-0.3, -0.25) is 14.4 Å². The van der Waals surface area contributed by atoms with Crippen LogP contribution in [-0.2, 0) is 27.2 Å². The van der Waals surface area contributed by atoms with Gasteiger partial charge in [0.1, 0.15) is 0 Å². The molecule has 1 aliphatic rings. The molecule has 1 fully saturated rings. The second-order valence-corrected chi connectivity index (χ2v) is 7.02. The number of nitrogens with one attached hydrogen (secondary N) is 1. The number of carbonyl (C=O) groups excluding carboxylic acids is 3. The van der Waals surface area contributed by atoms with Crippen LogP contribution in [0.4, 0.5) is 10.8 Å². The molecule has 2 heterocycles. The van der Waals surface area contributed by atoms with Crippen molar-refractivity contribution in [3.05, 3.63) is 40.9 Å². The van der Waals surface area contributed by atoms with E-state index in [1.807, 2.05) is 31.2 Å². The van der Waals surface area contributed by atoms with Crippen LogP contribution in [0.15, 0.2) is 29.6 Å². The van der Waals surface area contributed by atoms with Crippen molar-refractivity contribution in [2.75, 3.05) is 16.8 Å². The summed E-state index contributed by atoms with van der Waals surface area (Å²) in [6, 6.07) is 7.74. The molecule has 3 N–H and O–H groups in total. The van der Waals surface area contributed by atoms with E-state index in [0.29, 0.717) is 17.4 Å². The Morgan fingerprint density at radius 3 is 2.88 bits per heavy atom. The maximum atomic E-state index is 12.5. The molecule has 1 saturated heterocycles. The molecule has 0 spiro atoms. The monoisotopic (exact) mass is 372 g/mol. The number of thiazole rings is 1. The Morgan fingerprint density at radius 2 is 2.15 bits per heavy atom. The van der Waals surface area contributed by atoms with E-state index in [1.165, 1.54) is 11.3 Å². The Hall–Kier alpha value is -2.74. The highest BCUT2D eigenvalue weighted by atomic mass is 32.1. The number of aryl methyl sites for hydroxylation is 1. The average molecular weight is 372 g/mol. The third kappa shape index (κ3) is 3.91. The molecule has 2 aromatic rings. The SMILES string of the molecule is CCc1ccccc1N1CC(C(=O)Nc2nc(CC(N)=O)cs2)CC1=O. The Kier molecular flexibility index (Phi) is 5.32. The first-order chi connectivity index (χ1) is 12.5. The third-order valence-corrected chi connectivity index (χ3v) is 5.10. The maximum absolute atomic E-state index is 12.5. The number of carbonyl (C=O) groups is 3. The van der Waals surface area contributed by atoms with Crippen molar-refractivity contribution in [3.8, 4) is 0 Å². The van der Waals surface area contributed by atoms with Crippen LogP contribution >= 0.6 is 11.3 Å². The number of anilines is 2. The smallest absolute Gasteiger partial charge is 0.231 e. The van der Waals surface area contributed by atoms with Crippen molar-refractivity contribution in [3.63, 3.8) is 0 Å². The number of rotatable bonds is 6. The summed E-state index contributed by atoms with van der Waals surface area (Å²) in [5.74, 6) is -1.20. The van der Waals surface area contributed by atoms with Gasteiger partial charge in [0.05, 0.1) is 18.0 Å². The maximum Gasteiger partial charge on any atom is 0.231 e. The molecule has 8 heteroatoms. The fraction of sp³-hybridized carbons (Fsp3) is 0.333.